The van der Waals surface area contributed by atoms with Gasteiger partial charge in [0.05, 0.1) is 25.4 Å². The summed E-state index contributed by atoms with van der Waals surface area (Å²) in [5.74, 6) is -0.708. The molecule has 0 aromatic heterocycles. The molecule has 0 spiro atoms. The van der Waals surface area contributed by atoms with Gasteiger partial charge in [-0.25, -0.2) is 0 Å². The molecule has 1 aliphatic rings. The van der Waals surface area contributed by atoms with Crippen LogP contribution >= 0.6 is 0 Å². The van der Waals surface area contributed by atoms with Crippen LogP contribution in [0.3, 0.4) is 0 Å². The molecule has 0 bridgehead atoms. The fourth-order valence-electron chi connectivity index (χ4n) is 10.0. The van der Waals surface area contributed by atoms with Gasteiger partial charge in [0.25, 0.3) is 0 Å². The van der Waals surface area contributed by atoms with Gasteiger partial charge in [0.1, 0.15) is 36.6 Å². The summed E-state index contributed by atoms with van der Waals surface area (Å²) in [6.45, 7) is 3.47. The molecule has 11 nitrogen and oxygen atoms in total. The number of amides is 1. The minimum absolute atomic E-state index is 0.247. The van der Waals surface area contributed by atoms with Crippen LogP contribution in [0.15, 0.2) is 36.5 Å². The Morgan fingerprint density at radius 1 is 0.459 bits per heavy atom. The van der Waals surface area contributed by atoms with Gasteiger partial charge in [-0.1, -0.05) is 249 Å². The van der Waals surface area contributed by atoms with Crippen molar-refractivity contribution in [3.05, 3.63) is 36.5 Å². The standard InChI is InChI=1S/C63H119NO10/c1-3-5-7-9-11-13-15-17-19-21-23-24-25-26-27-28-29-30-31-33-35-37-39-41-43-45-47-49-51-56(67)62(72)64-54(53-73-63-61(71)60(70)59(69)57(52-65)74-63)58(68)55(66)50-48-46-44-42-40-38-36-34-32-22-20-18-16-14-12-10-8-6-4-2/h26-27,34,36,42,44,54-61,63,65-71H,3-25,28-33,35,37-41,43,45-53H2,1-2H3,(H,64,72)/b27-26-,36-34+,44-42+. The van der Waals surface area contributed by atoms with Crippen LogP contribution in [0.25, 0.3) is 0 Å². The summed E-state index contributed by atoms with van der Waals surface area (Å²) in [6, 6.07) is -1.19. The monoisotopic (exact) mass is 1050 g/mol. The molecule has 0 aromatic carbocycles. The van der Waals surface area contributed by atoms with E-state index < -0.39 is 74.2 Å². The van der Waals surface area contributed by atoms with Crippen molar-refractivity contribution in [2.45, 2.75) is 345 Å². The van der Waals surface area contributed by atoms with Crippen molar-refractivity contribution in [3.63, 3.8) is 0 Å². The van der Waals surface area contributed by atoms with Crippen LogP contribution in [-0.2, 0) is 14.3 Å². The molecule has 1 rings (SSSR count). The maximum atomic E-state index is 13.2. The van der Waals surface area contributed by atoms with E-state index in [1.807, 2.05) is 0 Å². The highest BCUT2D eigenvalue weighted by atomic mass is 16.7. The minimum atomic E-state index is -1.67. The van der Waals surface area contributed by atoms with E-state index in [1.165, 1.54) is 205 Å². The molecule has 0 saturated carbocycles. The van der Waals surface area contributed by atoms with Crippen molar-refractivity contribution in [1.29, 1.82) is 0 Å². The first-order valence-corrected chi connectivity index (χ1v) is 31.4. The number of rotatable bonds is 54. The minimum Gasteiger partial charge on any atom is -0.394 e. The number of hydrogen-bond acceptors (Lipinski definition) is 10. The number of ether oxygens (including phenoxy) is 2. The Balaban J connectivity index is 2.27. The maximum absolute atomic E-state index is 13.2. The van der Waals surface area contributed by atoms with Gasteiger partial charge >= 0.3 is 0 Å². The largest absolute Gasteiger partial charge is 0.394 e. The van der Waals surface area contributed by atoms with Crippen molar-refractivity contribution >= 4 is 5.91 Å². The number of allylic oxidation sites excluding steroid dienone is 6. The van der Waals surface area contributed by atoms with Crippen LogP contribution in [0.4, 0.5) is 0 Å². The fraction of sp³-hybridized carbons (Fsp3) is 0.889. The molecule has 9 atom stereocenters. The number of nitrogens with one attached hydrogen (secondary N) is 1. The van der Waals surface area contributed by atoms with E-state index in [-0.39, 0.29) is 12.8 Å². The van der Waals surface area contributed by atoms with E-state index in [4.69, 9.17) is 9.47 Å². The zero-order chi connectivity index (χ0) is 54.0. The normalized spacial score (nSPS) is 20.0. The van der Waals surface area contributed by atoms with Crippen LogP contribution < -0.4 is 5.32 Å². The Morgan fingerprint density at radius 2 is 0.811 bits per heavy atom. The van der Waals surface area contributed by atoms with Crippen molar-refractivity contribution in [1.82, 2.24) is 5.32 Å². The second-order valence-corrected chi connectivity index (χ2v) is 22.1. The zero-order valence-corrected chi connectivity index (χ0v) is 47.8. The third-order valence-corrected chi connectivity index (χ3v) is 15.1. The van der Waals surface area contributed by atoms with Gasteiger partial charge in [0.15, 0.2) is 6.29 Å². The first-order valence-electron chi connectivity index (χ1n) is 31.4. The molecule has 1 saturated heterocycles. The van der Waals surface area contributed by atoms with Gasteiger partial charge in [-0.2, -0.15) is 0 Å². The van der Waals surface area contributed by atoms with Crippen molar-refractivity contribution in [2.75, 3.05) is 13.2 Å². The summed E-state index contributed by atoms with van der Waals surface area (Å²) in [4.78, 5) is 13.2. The maximum Gasteiger partial charge on any atom is 0.249 e. The highest BCUT2D eigenvalue weighted by Gasteiger charge is 2.44. The molecule has 0 radical (unpaired) electrons. The van der Waals surface area contributed by atoms with E-state index in [0.717, 1.165) is 38.5 Å². The van der Waals surface area contributed by atoms with Gasteiger partial charge in [-0.3, -0.25) is 4.79 Å². The number of aliphatic hydroxyl groups is 7. The van der Waals surface area contributed by atoms with Gasteiger partial charge in [0, 0.05) is 0 Å². The molecular formula is C63H119NO10. The van der Waals surface area contributed by atoms with Crippen molar-refractivity contribution in [3.8, 4) is 0 Å². The number of unbranched alkanes of at least 4 members (excludes halogenated alkanes) is 36. The second-order valence-electron chi connectivity index (χ2n) is 22.1. The second kappa shape index (κ2) is 52.1. The summed E-state index contributed by atoms with van der Waals surface area (Å²) in [6.07, 6.45) is 53.5. The Labute approximate surface area is 454 Å². The van der Waals surface area contributed by atoms with Crippen LogP contribution in [0.2, 0.25) is 0 Å². The Hall–Kier alpha value is -1.67. The summed E-state index contributed by atoms with van der Waals surface area (Å²) >= 11 is 0. The van der Waals surface area contributed by atoms with Gasteiger partial charge in [0.2, 0.25) is 5.91 Å². The highest BCUT2D eigenvalue weighted by molar-refractivity contribution is 5.80. The lowest BCUT2D eigenvalue weighted by atomic mass is 9.98. The molecule has 74 heavy (non-hydrogen) atoms. The average molecular weight is 1050 g/mol. The van der Waals surface area contributed by atoms with Crippen LogP contribution in [0.5, 0.6) is 0 Å². The van der Waals surface area contributed by atoms with E-state index in [0.29, 0.717) is 19.3 Å². The van der Waals surface area contributed by atoms with Crippen LogP contribution in [0, 0.1) is 0 Å². The first kappa shape index (κ1) is 70.3. The number of carbonyl (C=O) groups excluding carboxylic acids is 1. The van der Waals surface area contributed by atoms with Gasteiger partial charge in [-0.15, -0.1) is 0 Å². The van der Waals surface area contributed by atoms with E-state index >= 15 is 0 Å². The fourth-order valence-corrected chi connectivity index (χ4v) is 10.0. The third-order valence-electron chi connectivity index (χ3n) is 15.1. The Morgan fingerprint density at radius 3 is 1.20 bits per heavy atom. The van der Waals surface area contributed by atoms with Gasteiger partial charge < -0.3 is 50.5 Å². The predicted octanol–water partition coefficient (Wildman–Crippen LogP) is 13.9. The summed E-state index contributed by atoms with van der Waals surface area (Å²) in [7, 11) is 0. The quantitative estimate of drug-likeness (QED) is 0.0215. The lowest BCUT2D eigenvalue weighted by Crippen LogP contribution is -2.60. The zero-order valence-electron chi connectivity index (χ0n) is 47.8. The molecule has 11 heteroatoms. The Kier molecular flexibility index (Phi) is 49.5. The topological polar surface area (TPSA) is 189 Å². The van der Waals surface area contributed by atoms with Crippen molar-refractivity contribution < 1.29 is 50.0 Å². The van der Waals surface area contributed by atoms with E-state index in [9.17, 15) is 40.5 Å². The first-order chi connectivity index (χ1) is 36.2. The highest BCUT2D eigenvalue weighted by Crippen LogP contribution is 2.23. The molecule has 0 aliphatic carbocycles. The molecule has 0 aromatic rings. The number of aliphatic hydroxyl groups excluding tert-OH is 7. The number of hydrogen-bond donors (Lipinski definition) is 8. The smallest absolute Gasteiger partial charge is 0.249 e. The summed E-state index contributed by atoms with van der Waals surface area (Å²) < 4.78 is 11.1. The van der Waals surface area contributed by atoms with Crippen LogP contribution in [0.1, 0.15) is 290 Å². The molecule has 9 unspecified atom stereocenters. The van der Waals surface area contributed by atoms with Crippen molar-refractivity contribution in [2.24, 2.45) is 0 Å². The van der Waals surface area contributed by atoms with Crippen LogP contribution in [-0.4, -0.2) is 110 Å². The summed E-state index contributed by atoms with van der Waals surface area (Å²) in [5.41, 5.74) is 0. The van der Waals surface area contributed by atoms with E-state index in [1.54, 1.807) is 0 Å². The van der Waals surface area contributed by atoms with Gasteiger partial charge in [-0.05, 0) is 77.0 Å². The molecule has 1 heterocycles. The predicted molar refractivity (Wildman–Crippen MR) is 307 cm³/mol. The Bertz CT molecular complexity index is 1300. The third kappa shape index (κ3) is 39.7. The lowest BCUT2D eigenvalue weighted by molar-refractivity contribution is -0.303. The molecule has 1 fully saturated rings. The average Bonchev–Trinajstić information content (AvgIpc) is 3.40. The summed E-state index contributed by atoms with van der Waals surface area (Å²) in [5, 5.41) is 76.2. The molecule has 436 valence electrons. The molecule has 1 amide bonds. The van der Waals surface area contributed by atoms with E-state index in [2.05, 4.69) is 55.6 Å². The molecule has 8 N–H and O–H groups in total. The SMILES string of the molecule is CCCCCCCCCCCC/C=C/CC/C=C/CCCC(O)C(O)C(COC1OC(CO)C(O)C(O)C1O)NC(=O)C(O)CCCCCCCCCCCCCC/C=C\CCCCCCCCCCCCCC. The lowest BCUT2D eigenvalue weighted by Gasteiger charge is -2.40. The molecule has 1 aliphatic heterocycles. The number of carbonyl (C=O) groups is 1. The molecular weight excluding hydrogens is 931 g/mol.